The summed E-state index contributed by atoms with van der Waals surface area (Å²) in [6, 6.07) is 5.91. The quantitative estimate of drug-likeness (QED) is 0.813. The molecule has 1 unspecified atom stereocenters. The molecule has 3 rings (SSSR count). The number of allylic oxidation sites excluding steroid dienone is 1. The molecule has 2 aromatic rings. The Balaban J connectivity index is 1.69. The molecule has 0 spiro atoms. The molecule has 28 heavy (non-hydrogen) atoms. The van der Waals surface area contributed by atoms with E-state index in [1.807, 2.05) is 6.08 Å². The molecule has 1 aliphatic carbocycles. The normalized spacial score (nSPS) is 17.1. The zero-order valence-corrected chi connectivity index (χ0v) is 14.7. The molecule has 1 aliphatic rings. The zero-order chi connectivity index (χ0) is 20.3. The lowest BCUT2D eigenvalue weighted by molar-refractivity contribution is -0.137. The van der Waals surface area contributed by atoms with Crippen LogP contribution >= 0.6 is 0 Å². The molecule has 0 aliphatic heterocycles. The third-order valence-electron chi connectivity index (χ3n) is 4.33. The molecule has 0 radical (unpaired) electrons. The standard InChI is InChI=1S/C19H18F3N3O3/c20-19(21,22)12-3-7-15(8-4-12)28-14-5-1-11(2-6-14)18-24-13(10-26)9-16(25-18)17(23)27/h1,3-4,7-9,14,26H,2,5-6,10H2,(H2,23,27). The number of hydrogen-bond donors (Lipinski definition) is 2. The van der Waals surface area contributed by atoms with Crippen molar-refractivity contribution in [1.82, 2.24) is 9.97 Å². The summed E-state index contributed by atoms with van der Waals surface area (Å²) in [7, 11) is 0. The lowest BCUT2D eigenvalue weighted by atomic mass is 9.96. The number of nitrogens with zero attached hydrogens (tertiary/aromatic N) is 2. The van der Waals surface area contributed by atoms with E-state index in [0.29, 0.717) is 36.5 Å². The van der Waals surface area contributed by atoms with Crippen LogP contribution in [0, 0.1) is 0 Å². The lowest BCUT2D eigenvalue weighted by Gasteiger charge is -2.23. The van der Waals surface area contributed by atoms with Crippen LogP contribution in [0.1, 0.15) is 46.8 Å². The Kier molecular flexibility index (Phi) is 5.64. The van der Waals surface area contributed by atoms with Gasteiger partial charge >= 0.3 is 6.18 Å². The monoisotopic (exact) mass is 393 g/mol. The Labute approximate surface area is 158 Å². The first-order valence-electron chi connectivity index (χ1n) is 8.58. The molecule has 0 fully saturated rings. The summed E-state index contributed by atoms with van der Waals surface area (Å²) < 4.78 is 43.6. The van der Waals surface area contributed by atoms with Gasteiger partial charge in [-0.1, -0.05) is 6.08 Å². The van der Waals surface area contributed by atoms with Gasteiger partial charge in [-0.25, -0.2) is 9.97 Å². The number of carbonyl (C=O) groups excluding carboxylic acids is 1. The van der Waals surface area contributed by atoms with Crippen LogP contribution in [0.25, 0.3) is 5.57 Å². The number of carbonyl (C=O) groups is 1. The number of aliphatic hydroxyl groups is 1. The second-order valence-electron chi connectivity index (χ2n) is 6.36. The van der Waals surface area contributed by atoms with Crippen LogP contribution in [-0.4, -0.2) is 27.1 Å². The highest BCUT2D eigenvalue weighted by Gasteiger charge is 2.30. The minimum Gasteiger partial charge on any atom is -0.490 e. The number of amides is 1. The van der Waals surface area contributed by atoms with Crippen molar-refractivity contribution >= 4 is 11.5 Å². The van der Waals surface area contributed by atoms with Crippen molar-refractivity contribution in [3.63, 3.8) is 0 Å². The molecule has 3 N–H and O–H groups in total. The van der Waals surface area contributed by atoms with Gasteiger partial charge in [0.1, 0.15) is 17.5 Å². The van der Waals surface area contributed by atoms with E-state index in [1.165, 1.54) is 18.2 Å². The van der Waals surface area contributed by atoms with Gasteiger partial charge in [0.15, 0.2) is 5.82 Å². The van der Waals surface area contributed by atoms with Gasteiger partial charge in [0.2, 0.25) is 0 Å². The Bertz CT molecular complexity index is 896. The fourth-order valence-electron chi connectivity index (χ4n) is 2.88. The van der Waals surface area contributed by atoms with E-state index in [1.54, 1.807) is 0 Å². The summed E-state index contributed by atoms with van der Waals surface area (Å²) >= 11 is 0. The van der Waals surface area contributed by atoms with E-state index in [0.717, 1.165) is 17.7 Å². The van der Waals surface area contributed by atoms with Crippen molar-refractivity contribution < 1.29 is 27.8 Å². The van der Waals surface area contributed by atoms with Gasteiger partial charge in [0.25, 0.3) is 5.91 Å². The van der Waals surface area contributed by atoms with Crippen molar-refractivity contribution in [2.24, 2.45) is 5.73 Å². The number of hydrogen-bond acceptors (Lipinski definition) is 5. The van der Waals surface area contributed by atoms with Gasteiger partial charge in [0.05, 0.1) is 17.9 Å². The van der Waals surface area contributed by atoms with Crippen molar-refractivity contribution in [1.29, 1.82) is 0 Å². The van der Waals surface area contributed by atoms with E-state index in [2.05, 4.69) is 9.97 Å². The number of aliphatic hydroxyl groups excluding tert-OH is 1. The Hall–Kier alpha value is -2.94. The lowest BCUT2D eigenvalue weighted by Crippen LogP contribution is -2.20. The average Bonchev–Trinajstić information content (AvgIpc) is 2.68. The molecular weight excluding hydrogens is 375 g/mol. The smallest absolute Gasteiger partial charge is 0.416 e. The SMILES string of the molecule is NC(=O)c1cc(CO)nc(C2=CCC(Oc3ccc(C(F)(F)F)cc3)CC2)n1. The molecule has 1 heterocycles. The molecule has 148 valence electrons. The van der Waals surface area contributed by atoms with E-state index in [9.17, 15) is 23.1 Å². The molecule has 1 aromatic carbocycles. The van der Waals surface area contributed by atoms with Gasteiger partial charge in [-0.2, -0.15) is 13.2 Å². The van der Waals surface area contributed by atoms with E-state index in [-0.39, 0.29) is 18.4 Å². The molecule has 0 saturated heterocycles. The topological polar surface area (TPSA) is 98.3 Å². The van der Waals surface area contributed by atoms with Crippen molar-refractivity contribution in [2.75, 3.05) is 0 Å². The van der Waals surface area contributed by atoms with Gasteiger partial charge < -0.3 is 15.6 Å². The fourth-order valence-corrected chi connectivity index (χ4v) is 2.88. The third kappa shape index (κ3) is 4.66. The minimum absolute atomic E-state index is 0.0260. The second kappa shape index (κ2) is 7.97. The highest BCUT2D eigenvalue weighted by molar-refractivity contribution is 5.91. The highest BCUT2D eigenvalue weighted by Crippen LogP contribution is 2.32. The maximum Gasteiger partial charge on any atom is 0.416 e. The zero-order valence-electron chi connectivity index (χ0n) is 14.7. The summed E-state index contributed by atoms with van der Waals surface area (Å²) in [6.07, 6.45) is -1.05. The van der Waals surface area contributed by atoms with E-state index >= 15 is 0 Å². The third-order valence-corrected chi connectivity index (χ3v) is 4.33. The van der Waals surface area contributed by atoms with Crippen LogP contribution < -0.4 is 10.5 Å². The van der Waals surface area contributed by atoms with Crippen LogP contribution in [0.4, 0.5) is 13.2 Å². The molecule has 1 aromatic heterocycles. The van der Waals surface area contributed by atoms with Crippen LogP contribution in [0.2, 0.25) is 0 Å². The number of aromatic nitrogens is 2. The predicted octanol–water partition coefficient (Wildman–Crippen LogP) is 3.10. The van der Waals surface area contributed by atoms with Crippen LogP contribution in [0.15, 0.2) is 36.4 Å². The first-order valence-corrected chi connectivity index (χ1v) is 8.58. The Morgan fingerprint density at radius 1 is 1.25 bits per heavy atom. The van der Waals surface area contributed by atoms with E-state index < -0.39 is 17.6 Å². The highest BCUT2D eigenvalue weighted by atomic mass is 19.4. The number of primary amides is 1. The number of benzene rings is 1. The van der Waals surface area contributed by atoms with Crippen LogP contribution in [-0.2, 0) is 12.8 Å². The molecule has 0 bridgehead atoms. The Morgan fingerprint density at radius 2 is 1.96 bits per heavy atom. The molecule has 9 heteroatoms. The van der Waals surface area contributed by atoms with Gasteiger partial charge in [-0.05, 0) is 48.7 Å². The maximum absolute atomic E-state index is 12.6. The number of ether oxygens (including phenoxy) is 1. The summed E-state index contributed by atoms with van der Waals surface area (Å²) in [5, 5.41) is 9.29. The Morgan fingerprint density at radius 3 is 2.50 bits per heavy atom. The summed E-state index contributed by atoms with van der Waals surface area (Å²) in [5.41, 5.74) is 5.65. The molecular formula is C19H18F3N3O3. The molecule has 1 atom stereocenters. The number of nitrogens with two attached hydrogens (primary N) is 1. The van der Waals surface area contributed by atoms with E-state index in [4.69, 9.17) is 10.5 Å². The van der Waals surface area contributed by atoms with Gasteiger partial charge in [-0.15, -0.1) is 0 Å². The number of rotatable bonds is 5. The summed E-state index contributed by atoms with van der Waals surface area (Å²) in [4.78, 5) is 19.7. The first kappa shape index (κ1) is 19.8. The molecule has 0 saturated carbocycles. The first-order chi connectivity index (χ1) is 13.3. The summed E-state index contributed by atoms with van der Waals surface area (Å²) in [6.45, 7) is -0.345. The van der Waals surface area contributed by atoms with Crippen molar-refractivity contribution in [3.8, 4) is 5.75 Å². The van der Waals surface area contributed by atoms with Gasteiger partial charge in [0, 0.05) is 6.42 Å². The fraction of sp³-hybridized carbons (Fsp3) is 0.316. The summed E-state index contributed by atoms with van der Waals surface area (Å²) in [5.74, 6) is -0.0176. The molecule has 1 amide bonds. The van der Waals surface area contributed by atoms with Gasteiger partial charge in [-0.3, -0.25) is 4.79 Å². The average molecular weight is 393 g/mol. The molecule has 6 nitrogen and oxygen atoms in total. The van der Waals surface area contributed by atoms with Crippen molar-refractivity contribution in [2.45, 2.75) is 38.1 Å². The van der Waals surface area contributed by atoms with Crippen molar-refractivity contribution in [3.05, 3.63) is 59.2 Å². The second-order valence-corrected chi connectivity index (χ2v) is 6.36. The maximum atomic E-state index is 12.6. The predicted molar refractivity (Wildman–Crippen MR) is 94.2 cm³/mol. The van der Waals surface area contributed by atoms with Crippen LogP contribution in [0.3, 0.4) is 0 Å². The minimum atomic E-state index is -4.38. The largest absolute Gasteiger partial charge is 0.490 e. The van der Waals surface area contributed by atoms with Crippen LogP contribution in [0.5, 0.6) is 5.75 Å². The number of halogens is 3. The number of alkyl halides is 3.